The second-order valence-corrected chi connectivity index (χ2v) is 18.5. The van der Waals surface area contributed by atoms with Crippen molar-refractivity contribution in [3.8, 4) is 0 Å². The highest BCUT2D eigenvalue weighted by Crippen LogP contribution is 2.43. The molecule has 0 aliphatic heterocycles. The molecule has 0 aromatic carbocycles. The SMILES string of the molecule is CC/C=C\C/C=C\C/C=C\C/C=C\C/C=C\C/C=C\CCCCCCCCCCC(=O)OC(COC(=O)CCCCC/C=C\C/C=C\C/C=C\CC)COP(=O)(O)OCC[N+](C)(C)C. The molecule has 0 heterocycles. The average Bonchev–Trinajstić information content (AvgIpc) is 3.25. The van der Waals surface area contributed by atoms with Crippen molar-refractivity contribution in [2.75, 3.05) is 47.5 Å². The lowest BCUT2D eigenvalue weighted by molar-refractivity contribution is -0.870. The quantitative estimate of drug-likeness (QED) is 0.0212. The fraction of sp³-hybridized carbons (Fsp3) is 0.630. The maximum absolute atomic E-state index is 12.7. The van der Waals surface area contributed by atoms with E-state index in [1.54, 1.807) is 0 Å². The minimum absolute atomic E-state index is 0.0187. The first-order valence-electron chi connectivity index (χ1n) is 24.6. The molecule has 0 spiro atoms. The molecular weight excluding hydrogens is 822 g/mol. The van der Waals surface area contributed by atoms with Crippen LogP contribution in [0.3, 0.4) is 0 Å². The molecule has 0 aliphatic carbocycles. The summed E-state index contributed by atoms with van der Waals surface area (Å²) in [5.74, 6) is -0.853. The van der Waals surface area contributed by atoms with Crippen molar-refractivity contribution in [2.24, 2.45) is 0 Å². The number of ether oxygens (including phenoxy) is 2. The molecule has 0 aromatic rings. The van der Waals surface area contributed by atoms with Crippen LogP contribution in [0.5, 0.6) is 0 Å². The van der Waals surface area contributed by atoms with E-state index in [1.165, 1.54) is 25.7 Å². The van der Waals surface area contributed by atoms with Crippen molar-refractivity contribution < 1.29 is 42.1 Å². The summed E-state index contributed by atoms with van der Waals surface area (Å²) in [4.78, 5) is 35.5. The Kier molecular flexibility index (Phi) is 42.5. The Morgan fingerprint density at radius 1 is 0.484 bits per heavy atom. The Bertz CT molecular complexity index is 1450. The number of phosphoric acid groups is 1. The predicted octanol–water partition coefficient (Wildman–Crippen LogP) is 14.7. The van der Waals surface area contributed by atoms with Crippen molar-refractivity contribution in [2.45, 2.75) is 174 Å². The van der Waals surface area contributed by atoms with Crippen molar-refractivity contribution in [3.63, 3.8) is 0 Å². The van der Waals surface area contributed by atoms with E-state index in [0.717, 1.165) is 103 Å². The standard InChI is InChI=1S/C54H90NO8P/c1-6-8-10-12-14-16-18-20-21-22-23-24-25-26-27-28-29-30-31-32-33-35-37-39-41-43-45-47-54(57)63-52(51-62-64(58,59)61-49-48-55(3,4)5)50-60-53(56)46-44-42-40-38-36-34-19-17-15-13-11-9-7-2/h8-11,14-17,20-21,23-24,26-27,29-30,34,36,52H,6-7,12-13,18-19,22,25,28,31-33,35,37-51H2,1-5H3/p+1/b10-8-,11-9-,16-14-,17-15-,21-20-,24-23-,27-26-,30-29-,36-34-. The maximum Gasteiger partial charge on any atom is 0.472 e. The van der Waals surface area contributed by atoms with Crippen LogP contribution in [-0.4, -0.2) is 74.9 Å². The normalized spacial score (nSPS) is 14.4. The second-order valence-electron chi connectivity index (χ2n) is 17.1. The highest BCUT2D eigenvalue weighted by molar-refractivity contribution is 7.47. The molecule has 0 amide bonds. The number of carbonyl (C=O) groups excluding carboxylic acids is 2. The molecule has 2 atom stereocenters. The topological polar surface area (TPSA) is 108 Å². The van der Waals surface area contributed by atoms with Crippen LogP contribution in [0.2, 0.25) is 0 Å². The summed E-state index contributed by atoms with van der Waals surface area (Å²) in [5.41, 5.74) is 0. The maximum atomic E-state index is 12.7. The third-order valence-corrected chi connectivity index (χ3v) is 10.8. The van der Waals surface area contributed by atoms with Crippen molar-refractivity contribution in [1.82, 2.24) is 0 Å². The van der Waals surface area contributed by atoms with E-state index in [2.05, 4.69) is 123 Å². The summed E-state index contributed by atoms with van der Waals surface area (Å²) in [6.07, 6.45) is 61.5. The molecule has 0 saturated heterocycles. The van der Waals surface area contributed by atoms with Crippen LogP contribution in [0.4, 0.5) is 0 Å². The van der Waals surface area contributed by atoms with Crippen LogP contribution in [0, 0.1) is 0 Å². The molecule has 10 heteroatoms. The third kappa shape index (κ3) is 48.1. The number of nitrogens with zero attached hydrogens (tertiary/aromatic N) is 1. The van der Waals surface area contributed by atoms with Crippen molar-refractivity contribution >= 4 is 19.8 Å². The molecule has 9 nitrogen and oxygen atoms in total. The molecule has 1 N–H and O–H groups in total. The Morgan fingerprint density at radius 2 is 0.844 bits per heavy atom. The third-order valence-electron chi connectivity index (χ3n) is 9.80. The molecule has 64 heavy (non-hydrogen) atoms. The number of esters is 2. The van der Waals surface area contributed by atoms with Gasteiger partial charge in [0.1, 0.15) is 19.8 Å². The van der Waals surface area contributed by atoms with E-state index < -0.39 is 32.5 Å². The average molecular weight is 913 g/mol. The Balaban J connectivity index is 4.29. The summed E-state index contributed by atoms with van der Waals surface area (Å²) in [5, 5.41) is 0. The number of rotatable bonds is 43. The van der Waals surface area contributed by atoms with Crippen LogP contribution in [0.25, 0.3) is 0 Å². The minimum atomic E-state index is -4.39. The molecular formula is C54H91NO8P+. The van der Waals surface area contributed by atoms with Gasteiger partial charge < -0.3 is 18.9 Å². The second kappa shape index (κ2) is 44.9. The molecule has 0 bridgehead atoms. The molecule has 0 fully saturated rings. The largest absolute Gasteiger partial charge is 0.472 e. The molecule has 0 saturated carbocycles. The van der Waals surface area contributed by atoms with Crippen LogP contribution in [0.15, 0.2) is 109 Å². The minimum Gasteiger partial charge on any atom is -0.462 e. The molecule has 0 aliphatic rings. The van der Waals surface area contributed by atoms with Crippen LogP contribution in [-0.2, 0) is 32.7 Å². The van der Waals surface area contributed by atoms with Gasteiger partial charge >= 0.3 is 19.8 Å². The lowest BCUT2D eigenvalue weighted by Crippen LogP contribution is -2.37. The summed E-state index contributed by atoms with van der Waals surface area (Å²) in [6.45, 7) is 4.12. The molecule has 0 radical (unpaired) electrons. The lowest BCUT2D eigenvalue weighted by atomic mass is 10.1. The van der Waals surface area contributed by atoms with Gasteiger partial charge in [0.15, 0.2) is 6.10 Å². The molecule has 0 aromatic heterocycles. The highest BCUT2D eigenvalue weighted by atomic mass is 31.2. The van der Waals surface area contributed by atoms with E-state index in [1.807, 2.05) is 21.1 Å². The van der Waals surface area contributed by atoms with E-state index in [0.29, 0.717) is 23.9 Å². The summed E-state index contributed by atoms with van der Waals surface area (Å²) < 4.78 is 34.3. The van der Waals surface area contributed by atoms with E-state index in [4.69, 9.17) is 18.5 Å². The summed E-state index contributed by atoms with van der Waals surface area (Å²) in [7, 11) is 1.43. The molecule has 2 unspecified atom stereocenters. The van der Waals surface area contributed by atoms with E-state index in [9.17, 15) is 19.0 Å². The number of allylic oxidation sites excluding steroid dienone is 18. The van der Waals surface area contributed by atoms with Gasteiger partial charge in [-0.3, -0.25) is 18.6 Å². The number of hydrogen-bond donors (Lipinski definition) is 1. The molecule has 0 rings (SSSR count). The Labute approximate surface area is 391 Å². The number of likely N-dealkylation sites (N-methyl/N-ethyl adjacent to an activating group) is 1. The summed E-state index contributed by atoms with van der Waals surface area (Å²) >= 11 is 0. The number of hydrogen-bond acceptors (Lipinski definition) is 7. The predicted molar refractivity (Wildman–Crippen MR) is 270 cm³/mol. The monoisotopic (exact) mass is 913 g/mol. The van der Waals surface area contributed by atoms with Gasteiger partial charge in [-0.05, 0) is 96.3 Å². The smallest absolute Gasteiger partial charge is 0.462 e. The molecule has 364 valence electrons. The van der Waals surface area contributed by atoms with E-state index >= 15 is 0 Å². The zero-order chi connectivity index (χ0) is 47.1. The van der Waals surface area contributed by atoms with Gasteiger partial charge in [-0.1, -0.05) is 168 Å². The number of phosphoric ester groups is 1. The van der Waals surface area contributed by atoms with Gasteiger partial charge in [0.2, 0.25) is 0 Å². The number of quaternary nitrogens is 1. The fourth-order valence-corrected chi connectivity index (χ4v) is 6.77. The van der Waals surface area contributed by atoms with Crippen molar-refractivity contribution in [3.05, 3.63) is 109 Å². The summed E-state index contributed by atoms with van der Waals surface area (Å²) in [6, 6.07) is 0. The number of carbonyl (C=O) groups is 2. The van der Waals surface area contributed by atoms with Gasteiger partial charge in [-0.25, -0.2) is 4.57 Å². The first kappa shape index (κ1) is 60.7. The van der Waals surface area contributed by atoms with Gasteiger partial charge in [0.05, 0.1) is 27.7 Å². The first-order valence-corrected chi connectivity index (χ1v) is 26.1. The fourth-order valence-electron chi connectivity index (χ4n) is 6.03. The van der Waals surface area contributed by atoms with Crippen LogP contribution < -0.4 is 0 Å². The van der Waals surface area contributed by atoms with Gasteiger partial charge in [0, 0.05) is 12.8 Å². The van der Waals surface area contributed by atoms with Crippen molar-refractivity contribution in [1.29, 1.82) is 0 Å². The van der Waals surface area contributed by atoms with Gasteiger partial charge in [0.25, 0.3) is 0 Å². The zero-order valence-corrected chi connectivity index (χ0v) is 41.9. The van der Waals surface area contributed by atoms with Crippen LogP contribution >= 0.6 is 7.82 Å². The van der Waals surface area contributed by atoms with Crippen LogP contribution in [0.1, 0.15) is 168 Å². The van der Waals surface area contributed by atoms with Gasteiger partial charge in [-0.2, -0.15) is 0 Å². The Morgan fingerprint density at radius 3 is 1.27 bits per heavy atom. The highest BCUT2D eigenvalue weighted by Gasteiger charge is 2.27. The first-order chi connectivity index (χ1) is 31.0. The Hall–Kier alpha value is -3.33. The van der Waals surface area contributed by atoms with E-state index in [-0.39, 0.29) is 26.1 Å². The lowest BCUT2D eigenvalue weighted by Gasteiger charge is -2.24. The number of unbranched alkanes of at least 4 members (excludes halogenated alkanes) is 11. The zero-order valence-electron chi connectivity index (χ0n) is 41.0. The van der Waals surface area contributed by atoms with Gasteiger partial charge in [-0.15, -0.1) is 0 Å².